The van der Waals surface area contributed by atoms with Crippen LogP contribution in [0.3, 0.4) is 0 Å². The van der Waals surface area contributed by atoms with Crippen molar-refractivity contribution in [3.63, 3.8) is 0 Å². The number of H-pyrrole nitrogens is 1. The van der Waals surface area contributed by atoms with Crippen molar-refractivity contribution in [2.45, 2.75) is 19.5 Å². The minimum absolute atomic E-state index is 0.0471. The quantitative estimate of drug-likeness (QED) is 0.526. The lowest BCUT2D eigenvalue weighted by Crippen LogP contribution is -2.18. The Morgan fingerprint density at radius 1 is 1.20 bits per heavy atom. The molecule has 2 aromatic heterocycles. The van der Waals surface area contributed by atoms with E-state index >= 15 is 0 Å². The van der Waals surface area contributed by atoms with Crippen molar-refractivity contribution in [3.8, 4) is 11.4 Å². The van der Waals surface area contributed by atoms with E-state index in [0.717, 1.165) is 26.5 Å². The SMILES string of the molecule is CC(NCc1ccc2cn[nH]c2c1)c1nc(-c2ccc(Br)cc2)no1. The van der Waals surface area contributed by atoms with Gasteiger partial charge in [-0.2, -0.15) is 10.1 Å². The second-order valence-corrected chi connectivity index (χ2v) is 6.77. The molecule has 6 nitrogen and oxygen atoms in total. The maximum Gasteiger partial charge on any atom is 0.243 e. The second-order valence-electron chi connectivity index (χ2n) is 5.86. The summed E-state index contributed by atoms with van der Waals surface area (Å²) in [5, 5.41) is 15.6. The van der Waals surface area contributed by atoms with E-state index in [9.17, 15) is 0 Å². The molecule has 0 aliphatic rings. The normalized spacial score (nSPS) is 12.6. The second kappa shape index (κ2) is 6.78. The number of hydrogen-bond donors (Lipinski definition) is 2. The Labute approximate surface area is 152 Å². The van der Waals surface area contributed by atoms with Crippen molar-refractivity contribution in [1.29, 1.82) is 0 Å². The third-order valence-corrected chi connectivity index (χ3v) is 4.56. The average Bonchev–Trinajstić information content (AvgIpc) is 3.29. The van der Waals surface area contributed by atoms with Crippen molar-refractivity contribution in [2.75, 3.05) is 0 Å². The zero-order valence-corrected chi connectivity index (χ0v) is 15.1. The minimum atomic E-state index is -0.0471. The molecule has 0 spiro atoms. The third kappa shape index (κ3) is 3.47. The van der Waals surface area contributed by atoms with Crippen LogP contribution in [0.4, 0.5) is 0 Å². The van der Waals surface area contributed by atoms with Crippen LogP contribution >= 0.6 is 15.9 Å². The molecule has 1 unspecified atom stereocenters. The van der Waals surface area contributed by atoms with Crippen LogP contribution in [-0.2, 0) is 6.54 Å². The Morgan fingerprint density at radius 3 is 2.88 bits per heavy atom. The van der Waals surface area contributed by atoms with E-state index in [1.54, 1.807) is 0 Å². The fourth-order valence-corrected chi connectivity index (χ4v) is 2.84. The van der Waals surface area contributed by atoms with Crippen LogP contribution in [-0.4, -0.2) is 20.3 Å². The molecule has 2 aromatic carbocycles. The summed E-state index contributed by atoms with van der Waals surface area (Å²) in [6.07, 6.45) is 1.82. The molecule has 0 saturated carbocycles. The molecule has 0 amide bonds. The van der Waals surface area contributed by atoms with E-state index in [4.69, 9.17) is 4.52 Å². The highest BCUT2D eigenvalue weighted by molar-refractivity contribution is 9.10. The van der Waals surface area contributed by atoms with Gasteiger partial charge in [-0.25, -0.2) is 0 Å². The van der Waals surface area contributed by atoms with E-state index in [-0.39, 0.29) is 6.04 Å². The highest BCUT2D eigenvalue weighted by Gasteiger charge is 2.15. The number of rotatable bonds is 5. The fraction of sp³-hybridized carbons (Fsp3) is 0.167. The summed E-state index contributed by atoms with van der Waals surface area (Å²) in [6, 6.07) is 14.0. The Bertz CT molecular complexity index is 992. The highest BCUT2D eigenvalue weighted by Crippen LogP contribution is 2.21. The zero-order valence-electron chi connectivity index (χ0n) is 13.5. The maximum absolute atomic E-state index is 5.41. The lowest BCUT2D eigenvalue weighted by molar-refractivity contribution is 0.339. The first kappa shape index (κ1) is 16.0. The van der Waals surface area contributed by atoms with Crippen LogP contribution in [0.25, 0.3) is 22.3 Å². The van der Waals surface area contributed by atoms with Crippen molar-refractivity contribution in [1.82, 2.24) is 25.7 Å². The molecular formula is C18H16BrN5O. The number of halogens is 1. The first-order valence-corrected chi connectivity index (χ1v) is 8.73. The average molecular weight is 398 g/mol. The van der Waals surface area contributed by atoms with Crippen LogP contribution in [0.15, 0.2) is 57.7 Å². The molecule has 0 aliphatic heterocycles. The van der Waals surface area contributed by atoms with Crippen LogP contribution < -0.4 is 5.32 Å². The van der Waals surface area contributed by atoms with Gasteiger partial charge < -0.3 is 9.84 Å². The lowest BCUT2D eigenvalue weighted by Gasteiger charge is -2.09. The maximum atomic E-state index is 5.41. The van der Waals surface area contributed by atoms with E-state index in [2.05, 4.69) is 59.8 Å². The van der Waals surface area contributed by atoms with E-state index in [0.29, 0.717) is 18.3 Å². The number of nitrogens with zero attached hydrogens (tertiary/aromatic N) is 3. The topological polar surface area (TPSA) is 79.6 Å². The molecule has 0 fully saturated rings. The molecule has 126 valence electrons. The molecule has 7 heteroatoms. The van der Waals surface area contributed by atoms with Crippen LogP contribution in [0.2, 0.25) is 0 Å². The molecule has 2 heterocycles. The van der Waals surface area contributed by atoms with Gasteiger partial charge in [0.15, 0.2) is 0 Å². The van der Waals surface area contributed by atoms with E-state index < -0.39 is 0 Å². The van der Waals surface area contributed by atoms with Crippen molar-refractivity contribution >= 4 is 26.8 Å². The number of aromatic amines is 1. The van der Waals surface area contributed by atoms with Gasteiger partial charge >= 0.3 is 0 Å². The largest absolute Gasteiger partial charge is 0.337 e. The molecular weight excluding hydrogens is 382 g/mol. The summed E-state index contributed by atoms with van der Waals surface area (Å²) in [6.45, 7) is 2.71. The summed E-state index contributed by atoms with van der Waals surface area (Å²) in [4.78, 5) is 4.49. The lowest BCUT2D eigenvalue weighted by atomic mass is 10.1. The van der Waals surface area contributed by atoms with Gasteiger partial charge in [-0.1, -0.05) is 33.2 Å². The fourth-order valence-electron chi connectivity index (χ4n) is 2.58. The van der Waals surface area contributed by atoms with Gasteiger partial charge in [0.1, 0.15) is 0 Å². The summed E-state index contributed by atoms with van der Waals surface area (Å²) >= 11 is 3.42. The molecule has 0 aliphatic carbocycles. The molecule has 25 heavy (non-hydrogen) atoms. The third-order valence-electron chi connectivity index (χ3n) is 4.03. The number of fused-ring (bicyclic) bond motifs is 1. The van der Waals surface area contributed by atoms with Gasteiger partial charge in [0, 0.05) is 22.0 Å². The number of benzene rings is 2. The van der Waals surface area contributed by atoms with Crippen molar-refractivity contribution in [2.24, 2.45) is 0 Å². The van der Waals surface area contributed by atoms with E-state index in [1.165, 1.54) is 0 Å². The molecule has 2 N–H and O–H groups in total. The van der Waals surface area contributed by atoms with Gasteiger partial charge in [0.2, 0.25) is 11.7 Å². The Kier molecular flexibility index (Phi) is 4.33. The standard InChI is InChI=1S/C18H16BrN5O/c1-11(20-9-12-2-3-14-10-21-23-16(14)8-12)18-22-17(24-25-18)13-4-6-15(19)7-5-13/h2-8,10-11,20H,9H2,1H3,(H,21,23). The predicted molar refractivity (Wildman–Crippen MR) is 98.8 cm³/mol. The molecule has 0 radical (unpaired) electrons. The molecule has 4 rings (SSSR count). The van der Waals surface area contributed by atoms with Gasteiger partial charge in [0.05, 0.1) is 17.8 Å². The molecule has 1 atom stereocenters. The summed E-state index contributed by atoms with van der Waals surface area (Å²) < 4.78 is 6.42. The molecule has 0 bridgehead atoms. The Morgan fingerprint density at radius 2 is 2.04 bits per heavy atom. The summed E-state index contributed by atoms with van der Waals surface area (Å²) in [5.74, 6) is 1.16. The first-order valence-electron chi connectivity index (χ1n) is 7.94. The zero-order chi connectivity index (χ0) is 17.2. The van der Waals surface area contributed by atoms with Gasteiger partial charge in [-0.05, 0) is 42.8 Å². The Hall–Kier alpha value is -2.51. The monoisotopic (exact) mass is 397 g/mol. The number of nitrogens with one attached hydrogen (secondary N) is 2. The van der Waals surface area contributed by atoms with Crippen LogP contribution in [0, 0.1) is 0 Å². The number of hydrogen-bond acceptors (Lipinski definition) is 5. The Balaban J connectivity index is 1.44. The van der Waals surface area contributed by atoms with Crippen LogP contribution in [0.1, 0.15) is 24.4 Å². The summed E-state index contributed by atoms with van der Waals surface area (Å²) in [5.41, 5.74) is 3.12. The van der Waals surface area contributed by atoms with Crippen molar-refractivity contribution in [3.05, 3.63) is 64.6 Å². The van der Waals surface area contributed by atoms with Gasteiger partial charge in [-0.3, -0.25) is 5.10 Å². The smallest absolute Gasteiger partial charge is 0.243 e. The van der Waals surface area contributed by atoms with E-state index in [1.807, 2.05) is 37.4 Å². The van der Waals surface area contributed by atoms with Gasteiger partial charge in [-0.15, -0.1) is 0 Å². The number of aromatic nitrogens is 4. The predicted octanol–water partition coefficient (Wildman–Crippen LogP) is 4.23. The summed E-state index contributed by atoms with van der Waals surface area (Å²) in [7, 11) is 0. The van der Waals surface area contributed by atoms with Crippen molar-refractivity contribution < 1.29 is 4.52 Å². The highest BCUT2D eigenvalue weighted by atomic mass is 79.9. The molecule has 0 saturated heterocycles. The molecule has 4 aromatic rings. The van der Waals surface area contributed by atoms with Gasteiger partial charge in [0.25, 0.3) is 0 Å². The van der Waals surface area contributed by atoms with Crippen LogP contribution in [0.5, 0.6) is 0 Å². The first-order chi connectivity index (χ1) is 12.2. The minimum Gasteiger partial charge on any atom is -0.337 e.